The summed E-state index contributed by atoms with van der Waals surface area (Å²) in [6.45, 7) is 3.21. The van der Waals surface area contributed by atoms with E-state index in [1.54, 1.807) is 20.9 Å². The van der Waals surface area contributed by atoms with Gasteiger partial charge in [0.15, 0.2) is 5.06 Å². The second-order valence-corrected chi connectivity index (χ2v) is 2.98. The second kappa shape index (κ2) is 3.03. The average Bonchev–Trinajstić information content (AvgIpc) is 1.62. The van der Waals surface area contributed by atoms with Gasteiger partial charge in [-0.05, 0) is 13.8 Å². The van der Waals surface area contributed by atoms with Crippen LogP contribution in [-0.4, -0.2) is 18.2 Å². The number of nitrogens with two attached hydrogens (primary N) is 1. The first-order valence-electron chi connectivity index (χ1n) is 2.67. The van der Waals surface area contributed by atoms with Crippen molar-refractivity contribution >= 4 is 17.7 Å². The molecule has 0 aromatic carbocycles. The summed E-state index contributed by atoms with van der Waals surface area (Å²) in [4.78, 5) is 10.5. The highest BCUT2D eigenvalue weighted by Gasteiger charge is 2.19. The van der Waals surface area contributed by atoms with Crippen LogP contribution in [0.1, 0.15) is 13.8 Å². The lowest BCUT2D eigenvalue weighted by molar-refractivity contribution is -0.541. The smallest absolute Gasteiger partial charge is 0.398 e. The van der Waals surface area contributed by atoms with E-state index in [2.05, 4.69) is 4.74 Å². The topological polar surface area (TPSA) is 42.9 Å². The molecule has 4 heteroatoms. The predicted octanol–water partition coefficient (Wildman–Crippen LogP) is 0.291. The highest BCUT2D eigenvalue weighted by molar-refractivity contribution is 6.22. The van der Waals surface area contributed by atoms with Crippen LogP contribution in [0.5, 0.6) is 0 Å². The first-order valence-corrected chi connectivity index (χ1v) is 3.05. The minimum Gasteiger partial charge on any atom is -0.398 e. The van der Waals surface area contributed by atoms with Gasteiger partial charge < -0.3 is 4.74 Å². The normalized spacial score (nSPS) is 11.1. The molecule has 0 aliphatic heterocycles. The Balaban J connectivity index is 3.60. The van der Waals surface area contributed by atoms with Crippen molar-refractivity contribution in [1.82, 2.24) is 0 Å². The number of quaternary nitrogens is 1. The first-order chi connectivity index (χ1) is 3.95. The number of carbonyl (C=O) groups excluding carboxylic acids is 1. The Morgan fingerprint density at radius 2 is 2.11 bits per heavy atom. The van der Waals surface area contributed by atoms with E-state index in [0.29, 0.717) is 0 Å². The molecule has 0 bridgehead atoms. The Morgan fingerprint density at radius 3 is 2.22 bits per heavy atom. The number of hydrogen-bond donors (Lipinski definition) is 1. The fourth-order valence-electron chi connectivity index (χ4n) is 0.298. The number of hydrogen-bond acceptors (Lipinski definition) is 2. The molecule has 0 radical (unpaired) electrons. The number of rotatable bonds is 1. The molecule has 2 N–H and O–H groups in total. The standard InChI is InChI=1S/C5H10ClNO2/c1-5(2,6)9-4(8)7-3/h1-3H3,(H,7,8)/p+1. The second-order valence-electron chi connectivity index (χ2n) is 2.07. The molecule has 9 heavy (non-hydrogen) atoms. The Bertz CT molecular complexity index is 108. The first kappa shape index (κ1) is 8.72. The zero-order valence-corrected chi connectivity index (χ0v) is 6.53. The molecular formula is C5H11ClNO2+. The summed E-state index contributed by atoms with van der Waals surface area (Å²) in [6.07, 6.45) is -0.394. The highest BCUT2D eigenvalue weighted by Crippen LogP contribution is 2.12. The zero-order valence-electron chi connectivity index (χ0n) is 5.77. The van der Waals surface area contributed by atoms with E-state index in [1.807, 2.05) is 0 Å². The molecule has 3 nitrogen and oxygen atoms in total. The van der Waals surface area contributed by atoms with E-state index in [9.17, 15) is 4.79 Å². The van der Waals surface area contributed by atoms with Crippen molar-refractivity contribution in [1.29, 1.82) is 0 Å². The Labute approximate surface area is 59.3 Å². The van der Waals surface area contributed by atoms with Crippen LogP contribution >= 0.6 is 11.6 Å². The third-order valence-corrected chi connectivity index (χ3v) is 0.656. The van der Waals surface area contributed by atoms with Crippen molar-refractivity contribution in [3.05, 3.63) is 0 Å². The Kier molecular flexibility index (Phi) is 2.94. The molecule has 0 aliphatic rings. The molecule has 0 saturated heterocycles. The summed E-state index contributed by atoms with van der Waals surface area (Å²) >= 11 is 5.54. The van der Waals surface area contributed by atoms with Crippen molar-refractivity contribution in [2.24, 2.45) is 0 Å². The fraction of sp³-hybridized carbons (Fsp3) is 0.800. The number of halogens is 1. The quantitative estimate of drug-likeness (QED) is 0.549. The van der Waals surface area contributed by atoms with Gasteiger partial charge >= 0.3 is 6.09 Å². The summed E-state index contributed by atoms with van der Waals surface area (Å²) in [7, 11) is 1.60. The number of ether oxygens (including phenoxy) is 1. The van der Waals surface area contributed by atoms with Gasteiger partial charge in [-0.25, -0.2) is 5.32 Å². The van der Waals surface area contributed by atoms with Crippen LogP contribution in [0.2, 0.25) is 0 Å². The number of carbonyl (C=O) groups is 1. The molecule has 0 atom stereocenters. The van der Waals surface area contributed by atoms with E-state index in [0.717, 1.165) is 0 Å². The molecule has 0 spiro atoms. The fourth-order valence-corrected chi connectivity index (χ4v) is 0.374. The number of amides is 1. The van der Waals surface area contributed by atoms with Gasteiger partial charge in [-0.3, -0.25) is 0 Å². The molecule has 0 unspecified atom stereocenters. The predicted molar refractivity (Wildman–Crippen MR) is 34.3 cm³/mol. The average molecular weight is 153 g/mol. The van der Waals surface area contributed by atoms with Gasteiger partial charge in [0, 0.05) is 0 Å². The van der Waals surface area contributed by atoms with Crippen molar-refractivity contribution in [2.45, 2.75) is 18.9 Å². The summed E-state index contributed by atoms with van der Waals surface area (Å²) < 4.78 is 4.66. The van der Waals surface area contributed by atoms with Crippen molar-refractivity contribution < 1.29 is 14.8 Å². The van der Waals surface area contributed by atoms with E-state index >= 15 is 0 Å². The lowest BCUT2D eigenvalue weighted by atomic mass is 10.5. The molecule has 0 saturated carbocycles. The van der Waals surface area contributed by atoms with Gasteiger partial charge in [-0.1, -0.05) is 11.6 Å². The maximum absolute atomic E-state index is 10.5. The molecule has 0 rings (SSSR count). The van der Waals surface area contributed by atoms with E-state index < -0.39 is 11.2 Å². The van der Waals surface area contributed by atoms with Crippen LogP contribution in [0.3, 0.4) is 0 Å². The van der Waals surface area contributed by atoms with Gasteiger partial charge in [-0.15, -0.1) is 0 Å². The number of alkyl halides is 1. The highest BCUT2D eigenvalue weighted by atomic mass is 35.5. The lowest BCUT2D eigenvalue weighted by Crippen LogP contribution is -2.84. The van der Waals surface area contributed by atoms with Gasteiger partial charge in [0.25, 0.3) is 0 Å². The van der Waals surface area contributed by atoms with Gasteiger partial charge in [0.2, 0.25) is 0 Å². The Hall–Kier alpha value is -0.280. The van der Waals surface area contributed by atoms with Crippen molar-refractivity contribution in [2.75, 3.05) is 7.05 Å². The van der Waals surface area contributed by atoms with E-state index in [-0.39, 0.29) is 0 Å². The summed E-state index contributed by atoms with van der Waals surface area (Å²) in [6, 6.07) is 0. The molecule has 0 aromatic heterocycles. The van der Waals surface area contributed by atoms with Crippen LogP contribution in [0, 0.1) is 0 Å². The van der Waals surface area contributed by atoms with Crippen LogP contribution in [0.25, 0.3) is 0 Å². The summed E-state index contributed by atoms with van der Waals surface area (Å²) in [5.74, 6) is 0. The molecule has 0 aliphatic carbocycles. The van der Waals surface area contributed by atoms with Gasteiger partial charge in [0.1, 0.15) is 0 Å². The third-order valence-electron chi connectivity index (χ3n) is 0.579. The maximum Gasteiger partial charge on any atom is 0.514 e. The van der Waals surface area contributed by atoms with E-state index in [1.165, 1.54) is 5.32 Å². The minimum atomic E-state index is -0.885. The van der Waals surface area contributed by atoms with Crippen molar-refractivity contribution in [3.63, 3.8) is 0 Å². The Morgan fingerprint density at radius 1 is 1.67 bits per heavy atom. The van der Waals surface area contributed by atoms with Crippen LogP contribution in [0.4, 0.5) is 4.79 Å². The molecule has 0 aromatic rings. The molecule has 0 heterocycles. The van der Waals surface area contributed by atoms with Gasteiger partial charge in [-0.2, -0.15) is 4.79 Å². The van der Waals surface area contributed by atoms with Crippen LogP contribution in [0.15, 0.2) is 0 Å². The number of primary amides is 1. The SMILES string of the molecule is C[NH2+]C(=O)OC(C)(C)Cl. The van der Waals surface area contributed by atoms with Crippen LogP contribution in [-0.2, 0) is 4.74 Å². The zero-order chi connectivity index (χ0) is 7.49. The monoisotopic (exact) mass is 152 g/mol. The molecule has 54 valence electrons. The minimum absolute atomic E-state index is 0.394. The van der Waals surface area contributed by atoms with Gasteiger partial charge in [0.05, 0.1) is 7.05 Å². The maximum atomic E-state index is 10.5. The largest absolute Gasteiger partial charge is 0.514 e. The molecule has 0 fully saturated rings. The lowest BCUT2D eigenvalue weighted by Gasteiger charge is -2.13. The van der Waals surface area contributed by atoms with Crippen LogP contribution < -0.4 is 5.32 Å². The summed E-state index contributed by atoms with van der Waals surface area (Å²) in [5, 5.41) is 0.438. The van der Waals surface area contributed by atoms with Crippen molar-refractivity contribution in [3.8, 4) is 0 Å². The summed E-state index contributed by atoms with van der Waals surface area (Å²) in [5.41, 5.74) is 0. The van der Waals surface area contributed by atoms with E-state index in [4.69, 9.17) is 11.6 Å². The molecule has 1 amide bonds. The molecular weight excluding hydrogens is 142 g/mol. The third kappa shape index (κ3) is 5.59.